The quantitative estimate of drug-likeness (QED) is 0.843. The Morgan fingerprint density at radius 1 is 1.44 bits per heavy atom. The lowest BCUT2D eigenvalue weighted by Crippen LogP contribution is -2.13. The Hall–Kier alpha value is -0.570. The molecule has 4 heteroatoms. The van der Waals surface area contributed by atoms with Crippen molar-refractivity contribution in [3.8, 4) is 0 Å². The van der Waals surface area contributed by atoms with Gasteiger partial charge in [0.2, 0.25) is 0 Å². The number of halogens is 2. The van der Waals surface area contributed by atoms with Gasteiger partial charge in [0.05, 0.1) is 5.02 Å². The minimum Gasteiger partial charge on any atom is -0.316 e. The molecule has 1 saturated heterocycles. The van der Waals surface area contributed by atoms with Gasteiger partial charge in [0.15, 0.2) is 5.78 Å². The van der Waals surface area contributed by atoms with E-state index < -0.39 is 0 Å². The Morgan fingerprint density at radius 3 is 2.88 bits per heavy atom. The number of rotatable bonds is 3. The van der Waals surface area contributed by atoms with Gasteiger partial charge < -0.3 is 5.32 Å². The zero-order valence-corrected chi connectivity index (χ0v) is 10.3. The smallest absolute Gasteiger partial charge is 0.164 e. The van der Waals surface area contributed by atoms with Crippen molar-refractivity contribution in [2.24, 2.45) is 5.92 Å². The summed E-state index contributed by atoms with van der Waals surface area (Å²) in [6, 6.07) is 5.02. The number of nitrogens with one attached hydrogen (secondary N) is 1. The number of hydrogen-bond acceptors (Lipinski definition) is 2. The van der Waals surface area contributed by atoms with E-state index in [-0.39, 0.29) is 5.78 Å². The van der Waals surface area contributed by atoms with E-state index in [1.165, 1.54) is 0 Å². The highest BCUT2D eigenvalue weighted by Gasteiger charge is 2.20. The number of Topliss-reactive ketones (excluding diaryl/α,β-unsaturated/α-hetero) is 1. The molecule has 2 rings (SSSR count). The fourth-order valence-corrected chi connectivity index (χ4v) is 2.49. The highest BCUT2D eigenvalue weighted by Crippen LogP contribution is 2.24. The lowest BCUT2D eigenvalue weighted by atomic mass is 9.98. The Bertz CT molecular complexity index is 400. The van der Waals surface area contributed by atoms with Gasteiger partial charge in [0.25, 0.3) is 0 Å². The van der Waals surface area contributed by atoms with Crippen molar-refractivity contribution in [3.05, 3.63) is 33.8 Å². The van der Waals surface area contributed by atoms with Crippen molar-refractivity contribution < 1.29 is 4.79 Å². The van der Waals surface area contributed by atoms with Crippen LogP contribution < -0.4 is 5.32 Å². The molecular weight excluding hydrogens is 245 g/mol. The summed E-state index contributed by atoms with van der Waals surface area (Å²) < 4.78 is 0. The number of ketones is 1. The van der Waals surface area contributed by atoms with Crippen molar-refractivity contribution in [1.29, 1.82) is 0 Å². The number of carbonyl (C=O) groups is 1. The van der Waals surface area contributed by atoms with Crippen LogP contribution in [0.3, 0.4) is 0 Å². The minimum absolute atomic E-state index is 0.107. The lowest BCUT2D eigenvalue weighted by Gasteiger charge is -2.08. The van der Waals surface area contributed by atoms with Gasteiger partial charge in [0, 0.05) is 17.0 Å². The topological polar surface area (TPSA) is 29.1 Å². The first-order valence-corrected chi connectivity index (χ1v) is 6.11. The van der Waals surface area contributed by atoms with Crippen LogP contribution in [-0.4, -0.2) is 18.9 Å². The van der Waals surface area contributed by atoms with Crippen molar-refractivity contribution in [1.82, 2.24) is 5.32 Å². The van der Waals surface area contributed by atoms with E-state index in [0.29, 0.717) is 27.9 Å². The molecule has 16 heavy (non-hydrogen) atoms. The molecule has 0 radical (unpaired) electrons. The van der Waals surface area contributed by atoms with E-state index in [1.54, 1.807) is 18.2 Å². The summed E-state index contributed by atoms with van der Waals surface area (Å²) in [5, 5.41) is 4.25. The fourth-order valence-electron chi connectivity index (χ4n) is 1.98. The van der Waals surface area contributed by atoms with Gasteiger partial charge in [-0.2, -0.15) is 0 Å². The standard InChI is InChI=1S/C12H13Cl2NO/c13-9-1-2-10(11(14)6-9)12(16)5-8-3-4-15-7-8/h1-2,6,8,15H,3-5,7H2. The monoisotopic (exact) mass is 257 g/mol. The maximum atomic E-state index is 12.0. The SMILES string of the molecule is O=C(CC1CCNC1)c1ccc(Cl)cc1Cl. The molecule has 2 nitrogen and oxygen atoms in total. The molecule has 1 fully saturated rings. The molecule has 0 aromatic heterocycles. The minimum atomic E-state index is 0.107. The van der Waals surface area contributed by atoms with Crippen LogP contribution in [0.4, 0.5) is 0 Å². The van der Waals surface area contributed by atoms with Gasteiger partial charge >= 0.3 is 0 Å². The number of benzene rings is 1. The number of hydrogen-bond donors (Lipinski definition) is 1. The molecule has 0 bridgehead atoms. The summed E-state index contributed by atoms with van der Waals surface area (Å²) in [5.41, 5.74) is 0.581. The maximum Gasteiger partial charge on any atom is 0.164 e. The molecule has 0 aliphatic carbocycles. The van der Waals surface area contributed by atoms with Gasteiger partial charge in [-0.3, -0.25) is 4.79 Å². The Labute approximate surface area is 105 Å². The summed E-state index contributed by atoms with van der Waals surface area (Å²) in [7, 11) is 0. The van der Waals surface area contributed by atoms with Crippen molar-refractivity contribution in [3.63, 3.8) is 0 Å². The third-order valence-electron chi connectivity index (χ3n) is 2.87. The highest BCUT2D eigenvalue weighted by molar-refractivity contribution is 6.36. The highest BCUT2D eigenvalue weighted by atomic mass is 35.5. The van der Waals surface area contributed by atoms with Crippen molar-refractivity contribution >= 4 is 29.0 Å². The fraction of sp³-hybridized carbons (Fsp3) is 0.417. The van der Waals surface area contributed by atoms with E-state index in [9.17, 15) is 4.79 Å². The zero-order valence-electron chi connectivity index (χ0n) is 8.80. The maximum absolute atomic E-state index is 12.0. The molecular formula is C12H13Cl2NO. The van der Waals surface area contributed by atoms with Gasteiger partial charge in [-0.05, 0) is 43.6 Å². The molecule has 0 spiro atoms. The second-order valence-electron chi connectivity index (χ2n) is 4.11. The molecule has 1 aliphatic rings. The summed E-state index contributed by atoms with van der Waals surface area (Å²) in [4.78, 5) is 12.0. The van der Waals surface area contributed by atoms with E-state index >= 15 is 0 Å². The second-order valence-corrected chi connectivity index (χ2v) is 4.95. The van der Waals surface area contributed by atoms with Crippen molar-refractivity contribution in [2.75, 3.05) is 13.1 Å². The predicted octanol–water partition coefficient (Wildman–Crippen LogP) is 3.18. The lowest BCUT2D eigenvalue weighted by molar-refractivity contribution is 0.0964. The molecule has 1 atom stereocenters. The van der Waals surface area contributed by atoms with Gasteiger partial charge in [-0.15, -0.1) is 0 Å². The Morgan fingerprint density at radius 2 is 2.25 bits per heavy atom. The van der Waals surface area contributed by atoms with Crippen molar-refractivity contribution in [2.45, 2.75) is 12.8 Å². The average molecular weight is 258 g/mol. The van der Waals surface area contributed by atoms with Crippen LogP contribution >= 0.6 is 23.2 Å². The first-order valence-electron chi connectivity index (χ1n) is 5.36. The van der Waals surface area contributed by atoms with Crippen LogP contribution in [0.5, 0.6) is 0 Å². The normalized spacial score (nSPS) is 20.0. The molecule has 1 N–H and O–H groups in total. The number of carbonyl (C=O) groups excluding carboxylic acids is 1. The largest absolute Gasteiger partial charge is 0.316 e. The van der Waals surface area contributed by atoms with E-state index in [0.717, 1.165) is 19.5 Å². The first-order chi connectivity index (χ1) is 7.66. The summed E-state index contributed by atoms with van der Waals surface area (Å²) in [5.74, 6) is 0.551. The molecule has 86 valence electrons. The first kappa shape index (κ1) is 11.9. The molecule has 1 aromatic carbocycles. The van der Waals surface area contributed by atoms with Gasteiger partial charge in [0.1, 0.15) is 0 Å². The van der Waals surface area contributed by atoms with E-state index in [2.05, 4.69) is 5.32 Å². The van der Waals surface area contributed by atoms with Crippen LogP contribution in [0.1, 0.15) is 23.2 Å². The van der Waals surface area contributed by atoms with Crippen LogP contribution in [-0.2, 0) is 0 Å². The average Bonchev–Trinajstić information content (AvgIpc) is 2.70. The summed E-state index contributed by atoms with van der Waals surface area (Å²) >= 11 is 11.8. The van der Waals surface area contributed by atoms with Crippen LogP contribution in [0, 0.1) is 5.92 Å². The summed E-state index contributed by atoms with van der Waals surface area (Å²) in [6.45, 7) is 1.93. The van der Waals surface area contributed by atoms with Gasteiger partial charge in [-0.25, -0.2) is 0 Å². The molecule has 1 aliphatic heterocycles. The Balaban J connectivity index is 2.08. The van der Waals surface area contributed by atoms with E-state index in [1.807, 2.05) is 0 Å². The van der Waals surface area contributed by atoms with Crippen LogP contribution in [0.2, 0.25) is 10.0 Å². The Kier molecular flexibility index (Phi) is 3.85. The van der Waals surface area contributed by atoms with Crippen LogP contribution in [0.25, 0.3) is 0 Å². The zero-order chi connectivity index (χ0) is 11.5. The molecule has 0 saturated carbocycles. The predicted molar refractivity (Wildman–Crippen MR) is 66.4 cm³/mol. The third kappa shape index (κ3) is 2.76. The molecule has 1 unspecified atom stereocenters. The van der Waals surface area contributed by atoms with Gasteiger partial charge in [-0.1, -0.05) is 23.2 Å². The van der Waals surface area contributed by atoms with Crippen LogP contribution in [0.15, 0.2) is 18.2 Å². The molecule has 1 aromatic rings. The van der Waals surface area contributed by atoms with E-state index in [4.69, 9.17) is 23.2 Å². The molecule has 1 heterocycles. The summed E-state index contributed by atoms with van der Waals surface area (Å²) in [6.07, 6.45) is 1.63. The second kappa shape index (κ2) is 5.17. The third-order valence-corrected chi connectivity index (χ3v) is 3.42. The molecule has 0 amide bonds.